The average molecular weight is 313 g/mol. The fourth-order valence-electron chi connectivity index (χ4n) is 2.14. The molecule has 2 aromatic heterocycles. The number of nitrogens with two attached hydrogens (primary N) is 1. The number of aromatic carboxylic acids is 1. The summed E-state index contributed by atoms with van der Waals surface area (Å²) in [6.45, 7) is 2.58. The summed E-state index contributed by atoms with van der Waals surface area (Å²) in [5.74, 6) is -1.12. The third kappa shape index (κ3) is 2.91. The molecule has 0 unspecified atom stereocenters. The van der Waals surface area contributed by atoms with Crippen LogP contribution in [0.1, 0.15) is 34.5 Å². The molecule has 2 aromatic rings. The number of carboxylic acid groups (broad SMARTS) is 1. The van der Waals surface area contributed by atoms with Crippen LogP contribution < -0.4 is 5.73 Å². The maximum absolute atomic E-state index is 11.1. The largest absolute Gasteiger partial charge is 0.476 e. The van der Waals surface area contributed by atoms with E-state index >= 15 is 0 Å². The second-order valence-corrected chi connectivity index (χ2v) is 4.95. The van der Waals surface area contributed by atoms with Crippen LogP contribution in [0.5, 0.6) is 0 Å². The zero-order valence-corrected chi connectivity index (χ0v) is 12.6. The second-order valence-electron chi connectivity index (χ2n) is 4.57. The van der Waals surface area contributed by atoms with Crippen LogP contribution in [0.2, 0.25) is 5.02 Å². The summed E-state index contributed by atoms with van der Waals surface area (Å²) in [5, 5.41) is 21.6. The molecule has 0 radical (unpaired) electrons. The molecule has 2 heterocycles. The first kappa shape index (κ1) is 15.5. The zero-order chi connectivity index (χ0) is 15.6. The van der Waals surface area contributed by atoms with Crippen molar-refractivity contribution in [3.05, 3.63) is 27.8 Å². The molecule has 21 heavy (non-hydrogen) atoms. The lowest BCUT2D eigenvalue weighted by Gasteiger charge is -2.07. The van der Waals surface area contributed by atoms with E-state index in [1.807, 2.05) is 6.92 Å². The summed E-state index contributed by atoms with van der Waals surface area (Å²) in [7, 11) is 1.79. The van der Waals surface area contributed by atoms with Crippen molar-refractivity contribution in [3.8, 4) is 0 Å². The van der Waals surface area contributed by atoms with E-state index in [0.29, 0.717) is 30.2 Å². The fraction of sp³-hybridized carbons (Fsp3) is 0.500. The van der Waals surface area contributed by atoms with Crippen molar-refractivity contribution in [1.29, 1.82) is 0 Å². The van der Waals surface area contributed by atoms with Gasteiger partial charge in [-0.1, -0.05) is 23.7 Å². The highest BCUT2D eigenvalue weighted by Crippen LogP contribution is 2.22. The molecule has 0 aliphatic rings. The quantitative estimate of drug-likeness (QED) is 0.802. The average Bonchev–Trinajstić information content (AvgIpc) is 2.95. The predicted molar refractivity (Wildman–Crippen MR) is 76.4 cm³/mol. The first-order valence-electron chi connectivity index (χ1n) is 6.55. The summed E-state index contributed by atoms with van der Waals surface area (Å²) >= 11 is 6.29. The Balaban J connectivity index is 2.40. The van der Waals surface area contributed by atoms with Gasteiger partial charge in [-0.25, -0.2) is 9.48 Å². The minimum absolute atomic E-state index is 0.0746. The van der Waals surface area contributed by atoms with Crippen molar-refractivity contribution in [1.82, 2.24) is 24.8 Å². The Bertz CT molecular complexity index is 663. The maximum Gasteiger partial charge on any atom is 0.358 e. The van der Waals surface area contributed by atoms with Crippen molar-refractivity contribution < 1.29 is 9.90 Å². The van der Waals surface area contributed by atoms with Crippen LogP contribution in [-0.4, -0.2) is 42.4 Å². The SMILES string of the molecule is CCc1nn(C)c(Cn2nnc(C(=O)O)c2CCN)c1Cl. The lowest BCUT2D eigenvalue weighted by Crippen LogP contribution is -2.15. The van der Waals surface area contributed by atoms with Crippen LogP contribution in [0.25, 0.3) is 0 Å². The minimum Gasteiger partial charge on any atom is -0.476 e. The first-order chi connectivity index (χ1) is 9.99. The number of carboxylic acids is 1. The molecular formula is C12H17ClN6O2. The standard InChI is InChI=1S/C12H17ClN6O2/c1-3-7-10(13)9(18(2)16-7)6-19-8(4-5-14)11(12(20)21)15-17-19/h3-6,14H2,1-2H3,(H,20,21). The normalized spacial score (nSPS) is 11.0. The molecule has 0 saturated carbocycles. The maximum atomic E-state index is 11.1. The van der Waals surface area contributed by atoms with Gasteiger partial charge in [0, 0.05) is 13.5 Å². The Morgan fingerprint density at radius 1 is 1.43 bits per heavy atom. The van der Waals surface area contributed by atoms with E-state index in [9.17, 15) is 4.79 Å². The van der Waals surface area contributed by atoms with Crippen LogP contribution in [0.15, 0.2) is 0 Å². The van der Waals surface area contributed by atoms with Crippen LogP contribution in [-0.2, 0) is 26.4 Å². The highest BCUT2D eigenvalue weighted by atomic mass is 35.5. The molecule has 2 rings (SSSR count). The summed E-state index contributed by atoms with van der Waals surface area (Å²) in [5.41, 5.74) is 7.50. The van der Waals surface area contributed by atoms with E-state index < -0.39 is 5.97 Å². The van der Waals surface area contributed by atoms with Gasteiger partial charge in [0.05, 0.1) is 28.6 Å². The van der Waals surface area contributed by atoms with E-state index in [2.05, 4.69) is 15.4 Å². The number of hydrogen-bond acceptors (Lipinski definition) is 5. The second kappa shape index (κ2) is 6.23. The molecule has 8 nitrogen and oxygen atoms in total. The Morgan fingerprint density at radius 2 is 2.14 bits per heavy atom. The van der Waals surface area contributed by atoms with Gasteiger partial charge in [0.15, 0.2) is 5.69 Å². The van der Waals surface area contributed by atoms with Gasteiger partial charge < -0.3 is 10.8 Å². The number of nitrogens with zero attached hydrogens (tertiary/aromatic N) is 5. The van der Waals surface area contributed by atoms with Crippen LogP contribution in [0, 0.1) is 0 Å². The van der Waals surface area contributed by atoms with Gasteiger partial charge in [0.25, 0.3) is 0 Å². The van der Waals surface area contributed by atoms with Crippen molar-refractivity contribution >= 4 is 17.6 Å². The third-order valence-corrected chi connectivity index (χ3v) is 3.66. The molecule has 0 amide bonds. The van der Waals surface area contributed by atoms with Gasteiger partial charge in [-0.15, -0.1) is 5.10 Å². The number of aryl methyl sites for hydroxylation is 2. The predicted octanol–water partition coefficient (Wildman–Crippen LogP) is 0.475. The first-order valence-corrected chi connectivity index (χ1v) is 6.93. The monoisotopic (exact) mass is 312 g/mol. The van der Waals surface area contributed by atoms with E-state index in [4.69, 9.17) is 22.4 Å². The number of hydrogen-bond donors (Lipinski definition) is 2. The lowest BCUT2D eigenvalue weighted by molar-refractivity contribution is 0.0689. The Morgan fingerprint density at radius 3 is 2.67 bits per heavy atom. The number of halogens is 1. The van der Waals surface area contributed by atoms with Gasteiger partial charge in [-0.05, 0) is 13.0 Å². The smallest absolute Gasteiger partial charge is 0.358 e. The zero-order valence-electron chi connectivity index (χ0n) is 11.9. The van der Waals surface area contributed by atoms with E-state index in [0.717, 1.165) is 17.8 Å². The van der Waals surface area contributed by atoms with Crippen molar-refractivity contribution in [2.24, 2.45) is 12.8 Å². The highest BCUT2D eigenvalue weighted by Gasteiger charge is 2.21. The molecule has 0 aromatic carbocycles. The van der Waals surface area contributed by atoms with Crippen molar-refractivity contribution in [2.45, 2.75) is 26.3 Å². The van der Waals surface area contributed by atoms with Crippen LogP contribution in [0.3, 0.4) is 0 Å². The van der Waals surface area contributed by atoms with Gasteiger partial charge in [0.1, 0.15) is 0 Å². The van der Waals surface area contributed by atoms with Gasteiger partial charge >= 0.3 is 5.97 Å². The molecule has 0 bridgehead atoms. The molecule has 0 aliphatic heterocycles. The number of carbonyl (C=O) groups is 1. The molecule has 9 heteroatoms. The number of aromatic nitrogens is 5. The van der Waals surface area contributed by atoms with Gasteiger partial charge in [-0.3, -0.25) is 4.68 Å². The van der Waals surface area contributed by atoms with Crippen LogP contribution >= 0.6 is 11.6 Å². The van der Waals surface area contributed by atoms with E-state index in [-0.39, 0.29) is 5.69 Å². The summed E-state index contributed by atoms with van der Waals surface area (Å²) in [4.78, 5) is 11.1. The molecule has 0 aliphatic carbocycles. The molecule has 0 spiro atoms. The highest BCUT2D eigenvalue weighted by molar-refractivity contribution is 6.31. The third-order valence-electron chi connectivity index (χ3n) is 3.22. The molecule has 0 atom stereocenters. The van der Waals surface area contributed by atoms with Gasteiger partial charge in [0.2, 0.25) is 0 Å². The fourth-order valence-corrected chi connectivity index (χ4v) is 2.50. The van der Waals surface area contributed by atoms with Crippen LogP contribution in [0.4, 0.5) is 0 Å². The molecule has 0 saturated heterocycles. The lowest BCUT2D eigenvalue weighted by atomic mass is 10.2. The summed E-state index contributed by atoms with van der Waals surface area (Å²) in [6.07, 6.45) is 1.10. The van der Waals surface area contributed by atoms with Crippen molar-refractivity contribution in [3.63, 3.8) is 0 Å². The molecule has 3 N–H and O–H groups in total. The minimum atomic E-state index is -1.12. The topological polar surface area (TPSA) is 112 Å². The summed E-state index contributed by atoms with van der Waals surface area (Å²) < 4.78 is 3.19. The Kier molecular flexibility index (Phi) is 4.59. The number of rotatable bonds is 6. The summed E-state index contributed by atoms with van der Waals surface area (Å²) in [6, 6.07) is 0. The molecule has 114 valence electrons. The van der Waals surface area contributed by atoms with E-state index in [1.54, 1.807) is 11.7 Å². The molecule has 0 fully saturated rings. The molecular weight excluding hydrogens is 296 g/mol. The van der Waals surface area contributed by atoms with E-state index in [1.165, 1.54) is 4.68 Å². The van der Waals surface area contributed by atoms with Crippen molar-refractivity contribution in [2.75, 3.05) is 6.54 Å². The Labute approximate surface area is 126 Å². The van der Waals surface area contributed by atoms with Gasteiger partial charge in [-0.2, -0.15) is 5.10 Å². The Hall–Kier alpha value is -1.93.